The smallest absolute Gasteiger partial charge is 0.245 e. The van der Waals surface area contributed by atoms with Crippen LogP contribution in [0.5, 0.6) is 0 Å². The number of hydrogen-bond acceptors (Lipinski definition) is 2. The quantitative estimate of drug-likeness (QED) is 0.407. The minimum Gasteiger partial charge on any atom is -0.356 e. The minimum absolute atomic E-state index is 0.230. The van der Waals surface area contributed by atoms with Crippen molar-refractivity contribution in [2.24, 2.45) is 0 Å². The maximum absolute atomic E-state index is 10.6. The van der Waals surface area contributed by atoms with E-state index >= 15 is 0 Å². The van der Waals surface area contributed by atoms with E-state index in [1.54, 1.807) is 6.92 Å². The van der Waals surface area contributed by atoms with Crippen LogP contribution >= 0.6 is 0 Å². The fourth-order valence-corrected chi connectivity index (χ4v) is 0.403. The van der Waals surface area contributed by atoms with Gasteiger partial charge in [0.05, 0.1) is 0 Å². The van der Waals surface area contributed by atoms with Gasteiger partial charge >= 0.3 is 0 Å². The van der Waals surface area contributed by atoms with Crippen molar-refractivity contribution in [2.75, 3.05) is 7.05 Å². The molecule has 0 heterocycles. The van der Waals surface area contributed by atoms with Crippen molar-refractivity contribution in [1.82, 2.24) is 10.6 Å². The van der Waals surface area contributed by atoms with Crippen LogP contribution in [0.2, 0.25) is 0 Å². The van der Waals surface area contributed by atoms with Gasteiger partial charge in [-0.1, -0.05) is 0 Å². The van der Waals surface area contributed by atoms with Crippen molar-refractivity contribution in [3.63, 3.8) is 0 Å². The lowest BCUT2D eigenvalue weighted by Gasteiger charge is -1.95. The summed E-state index contributed by atoms with van der Waals surface area (Å²) in [6, 6.07) is 0. The lowest BCUT2D eigenvalue weighted by atomic mass is 10.4. The van der Waals surface area contributed by atoms with Gasteiger partial charge in [0.2, 0.25) is 12.3 Å². The number of allylic oxidation sites excluding steroid dienone is 1. The fourth-order valence-electron chi connectivity index (χ4n) is 0.403. The van der Waals surface area contributed by atoms with Crippen molar-refractivity contribution in [3.05, 3.63) is 11.8 Å². The predicted octanol–water partition coefficient (Wildman–Crippen LogP) is -0.618. The molecule has 4 heteroatoms. The van der Waals surface area contributed by atoms with Crippen molar-refractivity contribution in [2.45, 2.75) is 6.92 Å². The number of hydrogen-bond donors (Lipinski definition) is 2. The predicted molar refractivity (Wildman–Crippen MR) is 37.0 cm³/mol. The Hall–Kier alpha value is -1.32. The van der Waals surface area contributed by atoms with E-state index in [0.717, 1.165) is 0 Å². The molecule has 56 valence electrons. The molecule has 0 aliphatic carbocycles. The Kier molecular flexibility index (Phi) is 3.95. The van der Waals surface area contributed by atoms with Crippen LogP contribution in [0.25, 0.3) is 0 Å². The molecule has 0 rings (SSSR count). The van der Waals surface area contributed by atoms with Crippen LogP contribution in [0.1, 0.15) is 6.92 Å². The maximum Gasteiger partial charge on any atom is 0.245 e. The number of carbonyl (C=O) groups excluding carboxylic acids is 2. The molecule has 0 aromatic heterocycles. The Morgan fingerprint density at radius 1 is 1.50 bits per heavy atom. The molecule has 0 radical (unpaired) electrons. The zero-order valence-electron chi connectivity index (χ0n) is 5.97. The summed E-state index contributed by atoms with van der Waals surface area (Å²) in [5.74, 6) is -0.230. The fraction of sp³-hybridized carbons (Fsp3) is 0.333. The van der Waals surface area contributed by atoms with Gasteiger partial charge in [0.1, 0.15) is 0 Å². The van der Waals surface area contributed by atoms with Crippen LogP contribution in [-0.2, 0) is 9.59 Å². The van der Waals surface area contributed by atoms with E-state index in [0.29, 0.717) is 12.1 Å². The lowest BCUT2D eigenvalue weighted by molar-refractivity contribution is -0.116. The molecular weight excluding hydrogens is 132 g/mol. The standard InChI is InChI=1S/C6H10N2O2/c1-5(8-4-9)3-6(10)7-2/h3-4H,1-2H3,(H,7,10)(H,8,9)/b5-3+. The second-order valence-electron chi connectivity index (χ2n) is 1.70. The third-order valence-corrected chi connectivity index (χ3v) is 0.881. The Morgan fingerprint density at radius 3 is 2.50 bits per heavy atom. The molecule has 0 atom stereocenters. The summed E-state index contributed by atoms with van der Waals surface area (Å²) < 4.78 is 0. The van der Waals surface area contributed by atoms with E-state index < -0.39 is 0 Å². The van der Waals surface area contributed by atoms with Gasteiger partial charge in [-0.25, -0.2) is 0 Å². The van der Waals surface area contributed by atoms with Gasteiger partial charge in [-0.05, 0) is 6.92 Å². The van der Waals surface area contributed by atoms with Gasteiger partial charge in [-0.3, -0.25) is 9.59 Å². The summed E-state index contributed by atoms with van der Waals surface area (Å²) in [7, 11) is 1.52. The van der Waals surface area contributed by atoms with E-state index in [4.69, 9.17) is 0 Å². The van der Waals surface area contributed by atoms with Gasteiger partial charge in [0, 0.05) is 18.8 Å². The van der Waals surface area contributed by atoms with Crippen molar-refractivity contribution >= 4 is 12.3 Å². The Bertz CT molecular complexity index is 163. The van der Waals surface area contributed by atoms with Gasteiger partial charge < -0.3 is 10.6 Å². The van der Waals surface area contributed by atoms with E-state index in [1.165, 1.54) is 13.1 Å². The molecule has 0 saturated heterocycles. The second kappa shape index (κ2) is 4.55. The van der Waals surface area contributed by atoms with Crippen molar-refractivity contribution < 1.29 is 9.59 Å². The summed E-state index contributed by atoms with van der Waals surface area (Å²) in [4.78, 5) is 20.4. The highest BCUT2D eigenvalue weighted by atomic mass is 16.1. The summed E-state index contributed by atoms with van der Waals surface area (Å²) in [5, 5.41) is 4.71. The third kappa shape index (κ3) is 3.65. The third-order valence-electron chi connectivity index (χ3n) is 0.881. The zero-order chi connectivity index (χ0) is 7.98. The average molecular weight is 142 g/mol. The number of amides is 2. The molecule has 2 N–H and O–H groups in total. The van der Waals surface area contributed by atoms with E-state index in [9.17, 15) is 9.59 Å². The highest BCUT2D eigenvalue weighted by Crippen LogP contribution is 1.82. The van der Waals surface area contributed by atoms with Crippen molar-refractivity contribution in [3.8, 4) is 0 Å². The average Bonchev–Trinajstić information content (AvgIpc) is 1.88. The molecule has 10 heavy (non-hydrogen) atoms. The molecule has 0 bridgehead atoms. The summed E-state index contributed by atoms with van der Waals surface area (Å²) in [6.07, 6.45) is 1.82. The summed E-state index contributed by atoms with van der Waals surface area (Å²) in [6.45, 7) is 1.63. The highest BCUT2D eigenvalue weighted by molar-refractivity contribution is 5.88. The van der Waals surface area contributed by atoms with Crippen LogP contribution in [0.4, 0.5) is 0 Å². The maximum atomic E-state index is 10.6. The van der Waals surface area contributed by atoms with E-state index in [-0.39, 0.29) is 5.91 Å². The van der Waals surface area contributed by atoms with Crippen LogP contribution in [0.3, 0.4) is 0 Å². The number of likely N-dealkylation sites (N-methyl/N-ethyl adjacent to an activating group) is 1. The Labute approximate surface area is 59.3 Å². The molecule has 0 unspecified atom stereocenters. The molecule has 0 saturated carbocycles. The zero-order valence-corrected chi connectivity index (χ0v) is 5.97. The molecule has 2 amide bonds. The highest BCUT2D eigenvalue weighted by Gasteiger charge is 1.91. The number of nitrogens with one attached hydrogen (secondary N) is 2. The van der Waals surface area contributed by atoms with Crippen LogP contribution in [0.15, 0.2) is 11.8 Å². The van der Waals surface area contributed by atoms with Gasteiger partial charge in [-0.2, -0.15) is 0 Å². The molecular formula is C6H10N2O2. The minimum atomic E-state index is -0.230. The van der Waals surface area contributed by atoms with Gasteiger partial charge in [-0.15, -0.1) is 0 Å². The second-order valence-corrected chi connectivity index (χ2v) is 1.70. The van der Waals surface area contributed by atoms with E-state index in [1.807, 2.05) is 0 Å². The SMILES string of the molecule is CNC(=O)/C=C(\C)NC=O. The number of rotatable bonds is 3. The lowest BCUT2D eigenvalue weighted by Crippen LogP contribution is -2.17. The molecule has 0 aliphatic heterocycles. The van der Waals surface area contributed by atoms with E-state index in [2.05, 4.69) is 10.6 Å². The molecule has 0 aromatic rings. The Morgan fingerprint density at radius 2 is 2.10 bits per heavy atom. The van der Waals surface area contributed by atoms with Crippen LogP contribution in [0, 0.1) is 0 Å². The summed E-state index contributed by atoms with van der Waals surface area (Å²) in [5.41, 5.74) is 0.523. The van der Waals surface area contributed by atoms with Crippen LogP contribution < -0.4 is 10.6 Å². The largest absolute Gasteiger partial charge is 0.356 e. The first kappa shape index (κ1) is 8.68. The van der Waals surface area contributed by atoms with Gasteiger partial charge in [0.25, 0.3) is 0 Å². The van der Waals surface area contributed by atoms with Crippen molar-refractivity contribution in [1.29, 1.82) is 0 Å². The normalized spacial score (nSPS) is 10.4. The monoisotopic (exact) mass is 142 g/mol. The first-order valence-corrected chi connectivity index (χ1v) is 2.81. The summed E-state index contributed by atoms with van der Waals surface area (Å²) >= 11 is 0. The first-order valence-electron chi connectivity index (χ1n) is 2.81. The van der Waals surface area contributed by atoms with Gasteiger partial charge in [0.15, 0.2) is 0 Å². The number of carbonyl (C=O) groups is 2. The first-order chi connectivity index (χ1) is 4.70. The topological polar surface area (TPSA) is 58.2 Å². The molecule has 0 fully saturated rings. The molecule has 0 aliphatic rings. The molecule has 0 spiro atoms. The van der Waals surface area contributed by atoms with Crippen LogP contribution in [-0.4, -0.2) is 19.4 Å². The molecule has 4 nitrogen and oxygen atoms in total. The molecule has 0 aromatic carbocycles. The Balaban J connectivity index is 3.88.